The van der Waals surface area contributed by atoms with Crippen molar-refractivity contribution >= 4 is 29.2 Å². The first-order valence-electron chi connectivity index (χ1n) is 6.10. The number of benzene rings is 2. The molecular formula is C15H11ClFNO4. The Morgan fingerprint density at radius 2 is 1.82 bits per heavy atom. The molecule has 0 unspecified atom stereocenters. The maximum atomic E-state index is 12.9. The van der Waals surface area contributed by atoms with Crippen molar-refractivity contribution in [1.82, 2.24) is 0 Å². The standard InChI is InChI=1S/C15H11ClFNO4/c1-22-13-11(16)6-9(15(20)21)7-12(13)18-14(19)8-2-4-10(17)5-3-8/h2-7H,1H3,(H,18,19)(H,20,21). The Hall–Kier alpha value is -2.60. The van der Waals surface area contributed by atoms with Crippen molar-refractivity contribution in [3.8, 4) is 5.75 Å². The lowest BCUT2D eigenvalue weighted by Crippen LogP contribution is -2.13. The first kappa shape index (κ1) is 15.8. The number of ether oxygens (including phenoxy) is 1. The van der Waals surface area contributed by atoms with E-state index in [0.717, 1.165) is 12.1 Å². The van der Waals surface area contributed by atoms with Crippen LogP contribution < -0.4 is 10.1 Å². The minimum Gasteiger partial charge on any atom is -0.493 e. The molecule has 0 bridgehead atoms. The monoisotopic (exact) mass is 323 g/mol. The van der Waals surface area contributed by atoms with Crippen molar-refractivity contribution < 1.29 is 23.8 Å². The summed E-state index contributed by atoms with van der Waals surface area (Å²) >= 11 is 5.94. The molecule has 0 saturated heterocycles. The second kappa shape index (κ2) is 6.44. The van der Waals surface area contributed by atoms with Gasteiger partial charge in [-0.05, 0) is 36.4 Å². The molecule has 0 saturated carbocycles. The summed E-state index contributed by atoms with van der Waals surface area (Å²) in [7, 11) is 1.34. The van der Waals surface area contributed by atoms with E-state index >= 15 is 0 Å². The van der Waals surface area contributed by atoms with Crippen molar-refractivity contribution in [2.24, 2.45) is 0 Å². The summed E-state index contributed by atoms with van der Waals surface area (Å²) in [5, 5.41) is 11.6. The number of amides is 1. The Kier molecular flexibility index (Phi) is 4.62. The van der Waals surface area contributed by atoms with Gasteiger partial charge in [-0.3, -0.25) is 4.79 Å². The Balaban J connectivity index is 2.37. The van der Waals surface area contributed by atoms with Crippen molar-refractivity contribution in [2.75, 3.05) is 12.4 Å². The van der Waals surface area contributed by atoms with Gasteiger partial charge in [0.05, 0.1) is 23.4 Å². The molecule has 2 N–H and O–H groups in total. The fraction of sp³-hybridized carbons (Fsp3) is 0.0667. The van der Waals surface area contributed by atoms with E-state index in [1.165, 1.54) is 31.4 Å². The van der Waals surface area contributed by atoms with Gasteiger partial charge in [0.15, 0.2) is 5.75 Å². The predicted molar refractivity (Wildman–Crippen MR) is 79.3 cm³/mol. The Morgan fingerprint density at radius 1 is 1.18 bits per heavy atom. The summed E-state index contributed by atoms with van der Waals surface area (Å²) in [4.78, 5) is 23.2. The summed E-state index contributed by atoms with van der Waals surface area (Å²) in [6.45, 7) is 0. The molecule has 0 fully saturated rings. The van der Waals surface area contributed by atoms with Gasteiger partial charge in [0.25, 0.3) is 5.91 Å². The topological polar surface area (TPSA) is 75.6 Å². The molecule has 0 aliphatic rings. The second-order valence-electron chi connectivity index (χ2n) is 4.31. The van der Waals surface area contributed by atoms with Crippen LogP contribution in [0.25, 0.3) is 0 Å². The minimum atomic E-state index is -1.19. The van der Waals surface area contributed by atoms with Crippen molar-refractivity contribution in [2.45, 2.75) is 0 Å². The first-order valence-corrected chi connectivity index (χ1v) is 6.48. The fourth-order valence-corrected chi connectivity index (χ4v) is 2.11. The molecule has 2 aromatic rings. The summed E-state index contributed by atoms with van der Waals surface area (Å²) in [5.41, 5.74) is 0.224. The van der Waals surface area contributed by atoms with Crippen LogP contribution in [0.5, 0.6) is 5.75 Å². The zero-order valence-electron chi connectivity index (χ0n) is 11.4. The van der Waals surface area contributed by atoms with Gasteiger partial charge in [0.2, 0.25) is 0 Å². The Morgan fingerprint density at radius 3 is 2.36 bits per heavy atom. The van der Waals surface area contributed by atoms with Crippen LogP contribution in [0, 0.1) is 5.82 Å². The van der Waals surface area contributed by atoms with E-state index < -0.39 is 17.7 Å². The number of carbonyl (C=O) groups excluding carboxylic acids is 1. The van der Waals surface area contributed by atoms with Gasteiger partial charge < -0.3 is 15.2 Å². The summed E-state index contributed by atoms with van der Waals surface area (Å²) in [6, 6.07) is 7.35. The van der Waals surface area contributed by atoms with Crippen LogP contribution >= 0.6 is 11.6 Å². The highest BCUT2D eigenvalue weighted by Crippen LogP contribution is 2.34. The lowest BCUT2D eigenvalue weighted by atomic mass is 10.1. The van der Waals surface area contributed by atoms with Gasteiger partial charge in [-0.1, -0.05) is 11.6 Å². The van der Waals surface area contributed by atoms with E-state index in [0.29, 0.717) is 0 Å². The molecule has 5 nitrogen and oxygen atoms in total. The highest BCUT2D eigenvalue weighted by molar-refractivity contribution is 6.33. The van der Waals surface area contributed by atoms with Gasteiger partial charge >= 0.3 is 5.97 Å². The third-order valence-corrected chi connectivity index (χ3v) is 3.13. The number of hydrogen-bond donors (Lipinski definition) is 2. The van der Waals surface area contributed by atoms with E-state index in [1.54, 1.807) is 0 Å². The second-order valence-corrected chi connectivity index (χ2v) is 4.71. The van der Waals surface area contributed by atoms with E-state index in [9.17, 15) is 14.0 Å². The Bertz CT molecular complexity index is 731. The van der Waals surface area contributed by atoms with Gasteiger partial charge in [0.1, 0.15) is 5.82 Å². The molecular weight excluding hydrogens is 313 g/mol. The first-order chi connectivity index (χ1) is 10.4. The van der Waals surface area contributed by atoms with Crippen LogP contribution in [0.4, 0.5) is 10.1 Å². The molecule has 0 radical (unpaired) electrons. The largest absolute Gasteiger partial charge is 0.493 e. The van der Waals surface area contributed by atoms with Crippen LogP contribution in [0.1, 0.15) is 20.7 Å². The van der Waals surface area contributed by atoms with E-state index in [2.05, 4.69) is 5.32 Å². The number of halogens is 2. The normalized spacial score (nSPS) is 10.1. The van der Waals surface area contributed by atoms with Crippen LogP contribution in [0.3, 0.4) is 0 Å². The fourth-order valence-electron chi connectivity index (χ4n) is 1.81. The van der Waals surface area contributed by atoms with Gasteiger partial charge in [0, 0.05) is 5.56 Å². The average molecular weight is 324 g/mol. The molecule has 2 rings (SSSR count). The van der Waals surface area contributed by atoms with Crippen LogP contribution in [-0.4, -0.2) is 24.1 Å². The molecule has 2 aromatic carbocycles. The maximum absolute atomic E-state index is 12.9. The highest BCUT2D eigenvalue weighted by atomic mass is 35.5. The van der Waals surface area contributed by atoms with E-state index in [4.69, 9.17) is 21.4 Å². The molecule has 1 amide bonds. The van der Waals surface area contributed by atoms with Crippen LogP contribution in [-0.2, 0) is 0 Å². The quantitative estimate of drug-likeness (QED) is 0.903. The van der Waals surface area contributed by atoms with Gasteiger partial charge in [-0.2, -0.15) is 0 Å². The third-order valence-electron chi connectivity index (χ3n) is 2.85. The van der Waals surface area contributed by atoms with E-state index in [1.807, 2.05) is 0 Å². The van der Waals surface area contributed by atoms with Crippen LogP contribution in [0.2, 0.25) is 5.02 Å². The number of rotatable bonds is 4. The number of methoxy groups -OCH3 is 1. The number of nitrogens with one attached hydrogen (secondary N) is 1. The number of carboxylic acids is 1. The Labute approximate surface area is 130 Å². The average Bonchev–Trinajstić information content (AvgIpc) is 2.47. The molecule has 22 heavy (non-hydrogen) atoms. The predicted octanol–water partition coefficient (Wildman–Crippen LogP) is 3.44. The molecule has 0 heterocycles. The number of aromatic carboxylic acids is 1. The zero-order valence-corrected chi connectivity index (χ0v) is 12.1. The molecule has 7 heteroatoms. The van der Waals surface area contributed by atoms with E-state index in [-0.39, 0.29) is 27.6 Å². The number of hydrogen-bond acceptors (Lipinski definition) is 3. The smallest absolute Gasteiger partial charge is 0.335 e. The lowest BCUT2D eigenvalue weighted by molar-refractivity contribution is 0.0696. The molecule has 0 aliphatic carbocycles. The summed E-state index contributed by atoms with van der Waals surface area (Å²) in [6.07, 6.45) is 0. The van der Waals surface area contributed by atoms with Crippen molar-refractivity contribution in [3.05, 3.63) is 58.4 Å². The van der Waals surface area contributed by atoms with Crippen molar-refractivity contribution in [3.63, 3.8) is 0 Å². The third kappa shape index (κ3) is 3.35. The zero-order chi connectivity index (χ0) is 16.3. The van der Waals surface area contributed by atoms with Crippen LogP contribution in [0.15, 0.2) is 36.4 Å². The minimum absolute atomic E-state index is 0.0526. The molecule has 0 aromatic heterocycles. The number of carboxylic acid groups (broad SMARTS) is 1. The summed E-state index contributed by atoms with van der Waals surface area (Å²) in [5.74, 6) is -2.06. The van der Waals surface area contributed by atoms with Gasteiger partial charge in [-0.25, -0.2) is 9.18 Å². The number of anilines is 1. The molecule has 0 atom stereocenters. The maximum Gasteiger partial charge on any atom is 0.335 e. The molecule has 0 aliphatic heterocycles. The molecule has 114 valence electrons. The lowest BCUT2D eigenvalue weighted by Gasteiger charge is -2.13. The van der Waals surface area contributed by atoms with Crippen molar-refractivity contribution in [1.29, 1.82) is 0 Å². The highest BCUT2D eigenvalue weighted by Gasteiger charge is 2.16. The number of carbonyl (C=O) groups is 2. The SMILES string of the molecule is COc1c(Cl)cc(C(=O)O)cc1NC(=O)c1ccc(F)cc1. The molecule has 0 spiro atoms. The van der Waals surface area contributed by atoms with Gasteiger partial charge in [-0.15, -0.1) is 0 Å². The summed E-state index contributed by atoms with van der Waals surface area (Å²) < 4.78 is 17.9.